The maximum atomic E-state index is 13.7. The second-order valence-corrected chi connectivity index (χ2v) is 8.60. The zero-order valence-electron chi connectivity index (χ0n) is 16.6. The lowest BCUT2D eigenvalue weighted by Crippen LogP contribution is -2.30. The molecule has 156 valence electrons. The number of ether oxygens (including phenoxy) is 1. The first kappa shape index (κ1) is 21.1. The molecule has 0 saturated carbocycles. The van der Waals surface area contributed by atoms with Crippen LogP contribution in [-0.4, -0.2) is 29.1 Å². The van der Waals surface area contributed by atoms with Gasteiger partial charge in [0.05, 0.1) is 10.0 Å². The van der Waals surface area contributed by atoms with Gasteiger partial charge in [0.15, 0.2) is 0 Å². The average Bonchev–Trinajstić information content (AvgIpc) is 3.16. The number of likely N-dealkylation sites (tertiary alicyclic amines) is 1. The molecule has 2 heterocycles. The van der Waals surface area contributed by atoms with Crippen LogP contribution in [0.2, 0.25) is 10.0 Å². The Balaban J connectivity index is 1.56. The molecular formula is C24H23Cl2FN2O. The first-order valence-electron chi connectivity index (χ1n) is 9.99. The van der Waals surface area contributed by atoms with Crippen molar-refractivity contribution in [1.29, 1.82) is 0 Å². The topological polar surface area (TPSA) is 25.4 Å². The van der Waals surface area contributed by atoms with Crippen LogP contribution in [-0.2, 0) is 6.54 Å². The maximum absolute atomic E-state index is 13.7. The van der Waals surface area contributed by atoms with Crippen LogP contribution in [0.4, 0.5) is 4.39 Å². The van der Waals surface area contributed by atoms with Gasteiger partial charge in [0.1, 0.15) is 11.9 Å². The van der Waals surface area contributed by atoms with Crippen molar-refractivity contribution < 1.29 is 9.13 Å². The lowest BCUT2D eigenvalue weighted by atomic mass is 9.85. The normalized spacial score (nSPS) is 20.3. The average molecular weight is 445 g/mol. The molecule has 0 radical (unpaired) electrons. The monoisotopic (exact) mass is 444 g/mol. The summed E-state index contributed by atoms with van der Waals surface area (Å²) in [7, 11) is 0. The molecule has 3 nitrogen and oxygen atoms in total. The number of hydrogen-bond donors (Lipinski definition) is 0. The van der Waals surface area contributed by atoms with Gasteiger partial charge in [-0.25, -0.2) is 9.37 Å². The minimum atomic E-state index is -0.397. The molecular weight excluding hydrogens is 422 g/mol. The largest absolute Gasteiger partial charge is 0.474 e. The smallest absolute Gasteiger partial charge is 0.213 e. The van der Waals surface area contributed by atoms with Crippen LogP contribution >= 0.6 is 23.2 Å². The van der Waals surface area contributed by atoms with E-state index in [2.05, 4.69) is 41.1 Å². The Morgan fingerprint density at radius 2 is 1.90 bits per heavy atom. The second kappa shape index (κ2) is 9.34. The molecule has 0 bridgehead atoms. The van der Waals surface area contributed by atoms with Gasteiger partial charge < -0.3 is 4.74 Å². The highest BCUT2D eigenvalue weighted by Crippen LogP contribution is 2.38. The Morgan fingerprint density at radius 3 is 2.60 bits per heavy atom. The Morgan fingerprint density at radius 1 is 1.10 bits per heavy atom. The van der Waals surface area contributed by atoms with Crippen LogP contribution in [0.5, 0.6) is 5.88 Å². The summed E-state index contributed by atoms with van der Waals surface area (Å²) in [6.07, 6.45) is 1.49. The van der Waals surface area contributed by atoms with E-state index in [-0.39, 0.29) is 23.0 Å². The zero-order chi connectivity index (χ0) is 21.1. The van der Waals surface area contributed by atoms with Gasteiger partial charge in [0, 0.05) is 43.7 Å². The van der Waals surface area contributed by atoms with Crippen molar-refractivity contribution in [2.24, 2.45) is 5.92 Å². The van der Waals surface area contributed by atoms with Gasteiger partial charge in [-0.05, 0) is 36.2 Å². The van der Waals surface area contributed by atoms with Gasteiger partial charge in [-0.2, -0.15) is 0 Å². The summed E-state index contributed by atoms with van der Waals surface area (Å²) in [4.78, 5) is 6.68. The molecule has 0 aliphatic carbocycles. The van der Waals surface area contributed by atoms with Gasteiger partial charge in [-0.15, -0.1) is 0 Å². The fourth-order valence-corrected chi connectivity index (χ4v) is 4.47. The summed E-state index contributed by atoms with van der Waals surface area (Å²) in [5.41, 5.74) is 2.29. The Bertz CT molecular complexity index is 984. The molecule has 1 aromatic heterocycles. The van der Waals surface area contributed by atoms with Gasteiger partial charge in [-0.3, -0.25) is 4.90 Å². The van der Waals surface area contributed by atoms with E-state index in [1.807, 2.05) is 12.1 Å². The van der Waals surface area contributed by atoms with Gasteiger partial charge in [0.25, 0.3) is 0 Å². The number of aromatic nitrogens is 1. The predicted octanol–water partition coefficient (Wildman–Crippen LogP) is 6.21. The molecule has 0 unspecified atom stereocenters. The highest BCUT2D eigenvalue weighted by molar-refractivity contribution is 6.30. The van der Waals surface area contributed by atoms with Crippen LogP contribution in [0.3, 0.4) is 0 Å². The van der Waals surface area contributed by atoms with Crippen molar-refractivity contribution in [3.63, 3.8) is 0 Å². The van der Waals surface area contributed by atoms with Gasteiger partial charge in [0.2, 0.25) is 5.88 Å². The van der Waals surface area contributed by atoms with E-state index in [4.69, 9.17) is 27.9 Å². The third kappa shape index (κ3) is 4.94. The fraction of sp³-hybridized carbons (Fsp3) is 0.292. The summed E-state index contributed by atoms with van der Waals surface area (Å²) < 4.78 is 19.9. The van der Waals surface area contributed by atoms with E-state index in [1.165, 1.54) is 11.6 Å². The van der Waals surface area contributed by atoms with E-state index < -0.39 is 5.82 Å². The summed E-state index contributed by atoms with van der Waals surface area (Å²) in [5.74, 6) is 0.525. The van der Waals surface area contributed by atoms with Crippen LogP contribution in [0.1, 0.15) is 24.0 Å². The third-order valence-corrected chi connectivity index (χ3v) is 6.18. The van der Waals surface area contributed by atoms with Crippen LogP contribution < -0.4 is 4.74 Å². The molecule has 0 spiro atoms. The number of hydrogen-bond acceptors (Lipinski definition) is 3. The minimum Gasteiger partial charge on any atom is -0.474 e. The van der Waals surface area contributed by atoms with E-state index in [1.54, 1.807) is 24.4 Å². The van der Waals surface area contributed by atoms with E-state index in [9.17, 15) is 4.39 Å². The molecule has 3 aromatic rings. The molecule has 1 aliphatic heterocycles. The first-order chi connectivity index (χ1) is 14.5. The number of benzene rings is 2. The standard InChI is InChI=1S/C24H23Cl2FN2O/c1-16(30-24-10-8-19(25)12-28-24)20-14-29(13-17-5-3-2-4-6-17)15-21(20)18-7-9-23(27)22(26)11-18/h2-12,16,20-21H,13-15H2,1H3/t16-,20+,21+/m0/s1. The molecule has 4 rings (SSSR count). The van der Waals surface area contributed by atoms with Gasteiger partial charge in [-0.1, -0.05) is 59.6 Å². The van der Waals surface area contributed by atoms with Crippen molar-refractivity contribution in [2.45, 2.75) is 25.5 Å². The highest BCUT2D eigenvalue weighted by Gasteiger charge is 2.38. The van der Waals surface area contributed by atoms with Crippen molar-refractivity contribution in [3.8, 4) is 5.88 Å². The summed E-state index contributed by atoms with van der Waals surface area (Å²) in [5, 5.41) is 0.726. The van der Waals surface area contributed by atoms with Crippen LogP contribution in [0, 0.1) is 11.7 Å². The number of rotatable bonds is 6. The molecule has 3 atom stereocenters. The molecule has 6 heteroatoms. The van der Waals surface area contributed by atoms with E-state index in [0.717, 1.165) is 25.2 Å². The first-order valence-corrected chi connectivity index (χ1v) is 10.7. The van der Waals surface area contributed by atoms with Crippen LogP contribution in [0.15, 0.2) is 66.9 Å². The summed E-state index contributed by atoms with van der Waals surface area (Å²) >= 11 is 12.0. The van der Waals surface area contributed by atoms with Crippen molar-refractivity contribution >= 4 is 23.2 Å². The Hall–Kier alpha value is -2.14. The quantitative estimate of drug-likeness (QED) is 0.451. The molecule has 1 fully saturated rings. The summed E-state index contributed by atoms with van der Waals surface area (Å²) in [6.45, 7) is 4.63. The molecule has 0 N–H and O–H groups in total. The Labute approximate surface area is 186 Å². The SMILES string of the molecule is C[C@H](Oc1ccc(Cl)cn1)[C@H]1CN(Cc2ccccc2)C[C@@H]1c1ccc(F)c(Cl)c1. The molecule has 0 amide bonds. The maximum Gasteiger partial charge on any atom is 0.213 e. The van der Waals surface area contributed by atoms with Crippen molar-refractivity contribution in [1.82, 2.24) is 9.88 Å². The molecule has 30 heavy (non-hydrogen) atoms. The van der Waals surface area contributed by atoms with Gasteiger partial charge >= 0.3 is 0 Å². The van der Waals surface area contributed by atoms with E-state index >= 15 is 0 Å². The zero-order valence-corrected chi connectivity index (χ0v) is 18.2. The predicted molar refractivity (Wildman–Crippen MR) is 119 cm³/mol. The fourth-order valence-electron chi connectivity index (χ4n) is 4.17. The lowest BCUT2D eigenvalue weighted by Gasteiger charge is -2.26. The molecule has 1 aliphatic rings. The second-order valence-electron chi connectivity index (χ2n) is 7.76. The van der Waals surface area contributed by atoms with E-state index in [0.29, 0.717) is 10.9 Å². The molecule has 2 aromatic carbocycles. The van der Waals surface area contributed by atoms with Crippen molar-refractivity contribution in [3.05, 3.63) is 93.8 Å². The highest BCUT2D eigenvalue weighted by atomic mass is 35.5. The third-order valence-electron chi connectivity index (χ3n) is 5.67. The number of nitrogens with zero attached hydrogens (tertiary/aromatic N) is 2. The molecule has 1 saturated heterocycles. The summed E-state index contributed by atoms with van der Waals surface area (Å²) in [6, 6.07) is 19.0. The minimum absolute atomic E-state index is 0.0896. The van der Waals surface area contributed by atoms with Crippen LogP contribution in [0.25, 0.3) is 0 Å². The van der Waals surface area contributed by atoms with Crippen molar-refractivity contribution in [2.75, 3.05) is 13.1 Å². The lowest BCUT2D eigenvalue weighted by molar-refractivity contribution is 0.138. The number of pyridine rings is 1. The Kier molecular flexibility index (Phi) is 6.57. The number of halogens is 3.